The van der Waals surface area contributed by atoms with Crippen molar-refractivity contribution in [1.29, 1.82) is 0 Å². The van der Waals surface area contributed by atoms with Gasteiger partial charge in [0.1, 0.15) is 11.5 Å². The molecule has 0 aliphatic heterocycles. The lowest BCUT2D eigenvalue weighted by molar-refractivity contribution is 0.276. The number of aliphatic hydroxyl groups excluding tert-OH is 1. The highest BCUT2D eigenvalue weighted by molar-refractivity contribution is 9.10. The van der Waals surface area contributed by atoms with Gasteiger partial charge in [0.15, 0.2) is 0 Å². The number of para-hydroxylation sites is 1. The summed E-state index contributed by atoms with van der Waals surface area (Å²) in [6.07, 6.45) is 0. The number of aliphatic hydroxyl groups is 1. The van der Waals surface area contributed by atoms with E-state index in [4.69, 9.17) is 4.74 Å². The summed E-state index contributed by atoms with van der Waals surface area (Å²) >= 11 is 3.37. The lowest BCUT2D eigenvalue weighted by Crippen LogP contribution is -1.93. The first kappa shape index (κ1) is 12.1. The van der Waals surface area contributed by atoms with Crippen molar-refractivity contribution in [2.45, 2.75) is 13.5 Å². The predicted octanol–water partition coefficient (Wildman–Crippen LogP) is 4.04. The van der Waals surface area contributed by atoms with Crippen molar-refractivity contribution in [2.75, 3.05) is 0 Å². The van der Waals surface area contributed by atoms with Crippen LogP contribution in [0, 0.1) is 6.92 Å². The minimum Gasteiger partial charge on any atom is -0.457 e. The molecular formula is C14H13BrO2. The Morgan fingerprint density at radius 1 is 1.12 bits per heavy atom. The van der Waals surface area contributed by atoms with E-state index in [9.17, 15) is 5.11 Å². The van der Waals surface area contributed by atoms with E-state index >= 15 is 0 Å². The van der Waals surface area contributed by atoms with Crippen LogP contribution < -0.4 is 4.74 Å². The van der Waals surface area contributed by atoms with Gasteiger partial charge in [-0.3, -0.25) is 0 Å². The average molecular weight is 293 g/mol. The van der Waals surface area contributed by atoms with E-state index in [1.54, 1.807) is 0 Å². The summed E-state index contributed by atoms with van der Waals surface area (Å²) in [5.74, 6) is 1.49. The van der Waals surface area contributed by atoms with Crippen molar-refractivity contribution < 1.29 is 9.84 Å². The lowest BCUT2D eigenvalue weighted by atomic mass is 10.2. The molecule has 0 atom stereocenters. The lowest BCUT2D eigenvalue weighted by Gasteiger charge is -2.11. The molecule has 88 valence electrons. The number of ether oxygens (including phenoxy) is 1. The number of aryl methyl sites for hydroxylation is 1. The summed E-state index contributed by atoms with van der Waals surface area (Å²) < 4.78 is 6.73. The van der Waals surface area contributed by atoms with Crippen LogP contribution in [0.15, 0.2) is 46.9 Å². The Labute approximate surface area is 109 Å². The van der Waals surface area contributed by atoms with Crippen molar-refractivity contribution in [3.05, 3.63) is 58.1 Å². The first-order valence-corrected chi connectivity index (χ1v) is 6.13. The molecule has 0 aliphatic carbocycles. The van der Waals surface area contributed by atoms with Gasteiger partial charge in [-0.2, -0.15) is 0 Å². The van der Waals surface area contributed by atoms with E-state index in [2.05, 4.69) is 15.9 Å². The summed E-state index contributed by atoms with van der Waals surface area (Å²) in [7, 11) is 0. The van der Waals surface area contributed by atoms with Crippen LogP contribution in [0.25, 0.3) is 0 Å². The summed E-state index contributed by atoms with van der Waals surface area (Å²) in [6.45, 7) is 1.95. The van der Waals surface area contributed by atoms with Crippen LogP contribution >= 0.6 is 15.9 Å². The SMILES string of the molecule is Cc1ccccc1Oc1ccc(Br)cc1CO. The predicted molar refractivity (Wildman–Crippen MR) is 71.3 cm³/mol. The van der Waals surface area contributed by atoms with E-state index < -0.39 is 0 Å². The highest BCUT2D eigenvalue weighted by Crippen LogP contribution is 2.29. The van der Waals surface area contributed by atoms with Gasteiger partial charge in [0, 0.05) is 10.0 Å². The Hall–Kier alpha value is -1.32. The standard InChI is InChI=1S/C14H13BrO2/c1-10-4-2-3-5-13(10)17-14-7-6-12(15)8-11(14)9-16/h2-8,16H,9H2,1H3. The van der Waals surface area contributed by atoms with Crippen molar-refractivity contribution >= 4 is 15.9 Å². The Kier molecular flexibility index (Phi) is 3.82. The molecule has 0 fully saturated rings. The Bertz CT molecular complexity index is 523. The van der Waals surface area contributed by atoms with Crippen LogP contribution in [0.3, 0.4) is 0 Å². The van der Waals surface area contributed by atoms with Crippen LogP contribution in [0.4, 0.5) is 0 Å². The molecule has 0 aromatic heterocycles. The molecule has 2 aromatic carbocycles. The Morgan fingerprint density at radius 3 is 2.59 bits per heavy atom. The van der Waals surface area contributed by atoms with E-state index in [1.165, 1.54) is 0 Å². The molecule has 2 aromatic rings. The minimum absolute atomic E-state index is 0.0410. The molecule has 0 saturated carbocycles. The first-order valence-electron chi connectivity index (χ1n) is 5.33. The summed E-state index contributed by atoms with van der Waals surface area (Å²) in [5.41, 5.74) is 1.84. The van der Waals surface area contributed by atoms with E-state index in [0.29, 0.717) is 5.75 Å². The van der Waals surface area contributed by atoms with Crippen LogP contribution in [0.5, 0.6) is 11.5 Å². The molecule has 17 heavy (non-hydrogen) atoms. The van der Waals surface area contributed by atoms with E-state index in [0.717, 1.165) is 21.3 Å². The fraction of sp³-hybridized carbons (Fsp3) is 0.143. The zero-order valence-corrected chi connectivity index (χ0v) is 11.1. The monoisotopic (exact) mass is 292 g/mol. The summed E-state index contributed by atoms with van der Waals surface area (Å²) in [4.78, 5) is 0. The second-order valence-corrected chi connectivity index (χ2v) is 4.69. The molecule has 2 nitrogen and oxygen atoms in total. The third kappa shape index (κ3) is 2.87. The van der Waals surface area contributed by atoms with Crippen molar-refractivity contribution in [2.24, 2.45) is 0 Å². The third-order valence-corrected chi connectivity index (χ3v) is 3.00. The van der Waals surface area contributed by atoms with E-state index in [1.807, 2.05) is 49.4 Å². The van der Waals surface area contributed by atoms with Crippen LogP contribution in [0.2, 0.25) is 0 Å². The highest BCUT2D eigenvalue weighted by atomic mass is 79.9. The topological polar surface area (TPSA) is 29.5 Å². The van der Waals surface area contributed by atoms with Gasteiger partial charge in [-0.15, -0.1) is 0 Å². The summed E-state index contributed by atoms with van der Waals surface area (Å²) in [5, 5.41) is 9.29. The number of rotatable bonds is 3. The van der Waals surface area contributed by atoms with Gasteiger partial charge in [0.05, 0.1) is 6.61 Å². The molecule has 0 radical (unpaired) electrons. The van der Waals surface area contributed by atoms with Gasteiger partial charge in [0.2, 0.25) is 0 Å². The van der Waals surface area contributed by atoms with Crippen molar-refractivity contribution in [3.8, 4) is 11.5 Å². The van der Waals surface area contributed by atoms with Crippen LogP contribution in [0.1, 0.15) is 11.1 Å². The van der Waals surface area contributed by atoms with Crippen molar-refractivity contribution in [1.82, 2.24) is 0 Å². The second kappa shape index (κ2) is 5.34. The van der Waals surface area contributed by atoms with Crippen molar-refractivity contribution in [3.63, 3.8) is 0 Å². The molecule has 3 heteroatoms. The van der Waals surface area contributed by atoms with Crippen LogP contribution in [-0.4, -0.2) is 5.11 Å². The smallest absolute Gasteiger partial charge is 0.133 e. The third-order valence-electron chi connectivity index (χ3n) is 2.51. The zero-order valence-electron chi connectivity index (χ0n) is 9.48. The van der Waals surface area contributed by atoms with Gasteiger partial charge in [-0.05, 0) is 36.8 Å². The molecule has 1 N–H and O–H groups in total. The first-order chi connectivity index (χ1) is 8.20. The molecule has 0 spiro atoms. The molecule has 2 rings (SSSR count). The normalized spacial score (nSPS) is 10.3. The van der Waals surface area contributed by atoms with Gasteiger partial charge in [-0.25, -0.2) is 0 Å². The quantitative estimate of drug-likeness (QED) is 0.925. The maximum atomic E-state index is 9.29. The molecule has 0 unspecified atom stereocenters. The molecule has 0 bridgehead atoms. The van der Waals surface area contributed by atoms with E-state index in [-0.39, 0.29) is 6.61 Å². The largest absolute Gasteiger partial charge is 0.457 e. The fourth-order valence-electron chi connectivity index (χ4n) is 1.56. The van der Waals surface area contributed by atoms with Gasteiger partial charge >= 0.3 is 0 Å². The molecule has 0 aliphatic rings. The maximum absolute atomic E-state index is 9.29. The maximum Gasteiger partial charge on any atom is 0.133 e. The average Bonchev–Trinajstić information content (AvgIpc) is 2.34. The molecule has 0 heterocycles. The minimum atomic E-state index is -0.0410. The number of hydrogen-bond donors (Lipinski definition) is 1. The summed E-state index contributed by atoms with van der Waals surface area (Å²) in [6, 6.07) is 13.4. The Morgan fingerprint density at radius 2 is 1.88 bits per heavy atom. The second-order valence-electron chi connectivity index (χ2n) is 3.78. The fourth-order valence-corrected chi connectivity index (χ4v) is 1.97. The number of halogens is 1. The van der Waals surface area contributed by atoms with Gasteiger partial charge in [0.25, 0.3) is 0 Å². The zero-order chi connectivity index (χ0) is 12.3. The van der Waals surface area contributed by atoms with Gasteiger partial charge < -0.3 is 9.84 Å². The number of benzene rings is 2. The van der Waals surface area contributed by atoms with Gasteiger partial charge in [-0.1, -0.05) is 34.1 Å². The number of hydrogen-bond acceptors (Lipinski definition) is 2. The Balaban J connectivity index is 2.33. The molecule has 0 amide bonds. The van der Waals surface area contributed by atoms with Crippen LogP contribution in [-0.2, 0) is 6.61 Å². The highest BCUT2D eigenvalue weighted by Gasteiger charge is 2.06. The molecular weight excluding hydrogens is 280 g/mol. The molecule has 0 saturated heterocycles.